The molecule has 0 radical (unpaired) electrons. The third-order valence-corrected chi connectivity index (χ3v) is 2.89. The Labute approximate surface area is 128 Å². The van der Waals surface area contributed by atoms with Gasteiger partial charge in [0, 0.05) is 20.1 Å². The highest BCUT2D eigenvalue weighted by molar-refractivity contribution is 5.94. The molecule has 2 aromatic rings. The van der Waals surface area contributed by atoms with Crippen LogP contribution in [0, 0.1) is 0 Å². The predicted molar refractivity (Wildman–Crippen MR) is 88.0 cm³/mol. The Morgan fingerprint density at radius 3 is 2.41 bits per heavy atom. The van der Waals surface area contributed by atoms with Gasteiger partial charge in [-0.2, -0.15) is 9.97 Å². The van der Waals surface area contributed by atoms with Crippen molar-refractivity contribution in [1.82, 2.24) is 19.9 Å². The van der Waals surface area contributed by atoms with E-state index in [1.165, 1.54) is 0 Å². The number of aromatic nitrogens is 4. The monoisotopic (exact) mass is 306 g/mol. The van der Waals surface area contributed by atoms with Crippen molar-refractivity contribution in [3.8, 4) is 0 Å². The van der Waals surface area contributed by atoms with Gasteiger partial charge in [-0.05, 0) is 13.3 Å². The number of nitrogens with zero attached hydrogens (tertiary/aromatic N) is 4. The molecule has 9 heteroatoms. The molecule has 120 valence electrons. The molecule has 1 atom stereocenters. The molecule has 2 heterocycles. The summed E-state index contributed by atoms with van der Waals surface area (Å²) in [6, 6.07) is 0. The molecule has 0 spiro atoms. The Bertz CT molecular complexity index is 645. The zero-order chi connectivity index (χ0) is 16.1. The van der Waals surface area contributed by atoms with Gasteiger partial charge in [-0.15, -0.1) is 0 Å². The average Bonchev–Trinajstić information content (AvgIpc) is 2.50. The minimum absolute atomic E-state index is 0.145. The van der Waals surface area contributed by atoms with E-state index >= 15 is 0 Å². The van der Waals surface area contributed by atoms with Crippen LogP contribution in [0.15, 0.2) is 0 Å². The van der Waals surface area contributed by atoms with Crippen molar-refractivity contribution in [2.24, 2.45) is 0 Å². The number of nitrogens with two attached hydrogens (primary N) is 1. The number of fused-ring (bicyclic) bond motifs is 1. The first-order valence-corrected chi connectivity index (χ1v) is 7.24. The molecule has 0 fully saturated rings. The summed E-state index contributed by atoms with van der Waals surface area (Å²) in [5, 5.41) is 18.6. The Balaban J connectivity index is 2.55. The first-order chi connectivity index (χ1) is 10.5. The summed E-state index contributed by atoms with van der Waals surface area (Å²) in [6.45, 7) is 4.84. The summed E-state index contributed by atoms with van der Waals surface area (Å²) in [6.07, 6.45) is 0.433. The van der Waals surface area contributed by atoms with Crippen LogP contribution < -0.4 is 21.7 Å². The molecule has 2 aromatic heterocycles. The normalized spacial score (nSPS) is 12.2. The molecule has 0 bridgehead atoms. The number of rotatable bonds is 7. The van der Waals surface area contributed by atoms with Crippen LogP contribution in [0.25, 0.3) is 11.0 Å². The van der Waals surface area contributed by atoms with Gasteiger partial charge in [0.25, 0.3) is 0 Å². The van der Waals surface area contributed by atoms with Crippen molar-refractivity contribution in [3.63, 3.8) is 0 Å². The van der Waals surface area contributed by atoms with E-state index in [2.05, 4.69) is 42.8 Å². The number of hydrogen-bond donors (Lipinski definition) is 5. The lowest BCUT2D eigenvalue weighted by molar-refractivity contribution is 0.208. The Morgan fingerprint density at radius 1 is 1.09 bits per heavy atom. The molecule has 6 N–H and O–H groups in total. The van der Waals surface area contributed by atoms with Crippen molar-refractivity contribution in [3.05, 3.63) is 0 Å². The van der Waals surface area contributed by atoms with Gasteiger partial charge < -0.3 is 26.8 Å². The number of anilines is 4. The molecule has 2 rings (SSSR count). The number of nitrogen functional groups attached to an aromatic ring is 1. The van der Waals surface area contributed by atoms with E-state index in [0.29, 0.717) is 35.2 Å². The third-order valence-electron chi connectivity index (χ3n) is 2.89. The first kappa shape index (κ1) is 16.0. The van der Waals surface area contributed by atoms with Crippen LogP contribution in [-0.4, -0.2) is 51.3 Å². The summed E-state index contributed by atoms with van der Waals surface area (Å²) in [5.74, 6) is 1.66. The summed E-state index contributed by atoms with van der Waals surface area (Å²) >= 11 is 0. The molecule has 0 amide bonds. The van der Waals surface area contributed by atoms with E-state index in [4.69, 9.17) is 5.73 Å². The van der Waals surface area contributed by atoms with E-state index in [0.717, 1.165) is 13.0 Å². The topological polar surface area (TPSA) is 134 Å². The van der Waals surface area contributed by atoms with Gasteiger partial charge in [0.1, 0.15) is 11.0 Å². The molecule has 0 saturated heterocycles. The number of nitrogens with one attached hydrogen (secondary N) is 3. The highest BCUT2D eigenvalue weighted by Gasteiger charge is 2.15. The minimum Gasteiger partial charge on any atom is -0.392 e. The lowest BCUT2D eigenvalue weighted by atomic mass is 10.3. The molecule has 0 aliphatic heterocycles. The Hall–Kier alpha value is -2.42. The van der Waals surface area contributed by atoms with Crippen LogP contribution in [0.4, 0.5) is 23.5 Å². The lowest BCUT2D eigenvalue weighted by Gasteiger charge is -2.13. The molecule has 0 aliphatic rings. The van der Waals surface area contributed by atoms with Crippen LogP contribution in [0.2, 0.25) is 0 Å². The molecule has 1 unspecified atom stereocenters. The third kappa shape index (κ3) is 3.61. The highest BCUT2D eigenvalue weighted by Crippen LogP contribution is 2.26. The maximum absolute atomic E-state index is 9.45. The molecular formula is C13H22N8O. The molecule has 9 nitrogen and oxygen atoms in total. The highest BCUT2D eigenvalue weighted by atomic mass is 16.3. The zero-order valence-electron chi connectivity index (χ0n) is 13.0. The molecular weight excluding hydrogens is 284 g/mol. The van der Waals surface area contributed by atoms with E-state index in [1.54, 1.807) is 14.0 Å². The van der Waals surface area contributed by atoms with Crippen LogP contribution in [0.3, 0.4) is 0 Å². The second-order valence-corrected chi connectivity index (χ2v) is 4.93. The summed E-state index contributed by atoms with van der Waals surface area (Å²) in [4.78, 5) is 17.2. The van der Waals surface area contributed by atoms with E-state index in [9.17, 15) is 5.11 Å². The smallest absolute Gasteiger partial charge is 0.225 e. The van der Waals surface area contributed by atoms with E-state index < -0.39 is 6.10 Å². The average molecular weight is 306 g/mol. The van der Waals surface area contributed by atoms with Gasteiger partial charge in [-0.25, -0.2) is 9.97 Å². The Kier molecular flexibility index (Phi) is 5.10. The van der Waals surface area contributed by atoms with Crippen molar-refractivity contribution < 1.29 is 5.11 Å². The van der Waals surface area contributed by atoms with E-state index in [-0.39, 0.29) is 5.95 Å². The number of hydrogen-bond acceptors (Lipinski definition) is 9. The second-order valence-electron chi connectivity index (χ2n) is 4.93. The number of aliphatic hydroxyl groups excluding tert-OH is 1. The standard InChI is InChI=1S/C13H22N8O/c1-4-5-16-10-9-8(18-12(14)20-10)11(17-6-7(2)22)21-13(15-3)19-9/h7,22H,4-6H2,1-3H3,(H3,14,16,18,20)(H2,15,17,19,21). The Morgan fingerprint density at radius 2 is 1.77 bits per heavy atom. The fraction of sp³-hybridized carbons (Fsp3) is 0.538. The second kappa shape index (κ2) is 7.03. The van der Waals surface area contributed by atoms with Gasteiger partial charge in [0.05, 0.1) is 6.10 Å². The van der Waals surface area contributed by atoms with Gasteiger partial charge >= 0.3 is 0 Å². The molecule has 0 aromatic carbocycles. The van der Waals surface area contributed by atoms with Gasteiger partial charge in [-0.3, -0.25) is 0 Å². The van der Waals surface area contributed by atoms with Crippen LogP contribution in [-0.2, 0) is 0 Å². The van der Waals surface area contributed by atoms with Crippen molar-refractivity contribution in [2.45, 2.75) is 26.4 Å². The lowest BCUT2D eigenvalue weighted by Crippen LogP contribution is -2.18. The molecule has 22 heavy (non-hydrogen) atoms. The van der Waals surface area contributed by atoms with Crippen LogP contribution in [0.5, 0.6) is 0 Å². The maximum Gasteiger partial charge on any atom is 0.225 e. The predicted octanol–water partition coefficient (Wildman–Crippen LogP) is 0.658. The van der Waals surface area contributed by atoms with Gasteiger partial charge in [0.15, 0.2) is 11.6 Å². The quantitative estimate of drug-likeness (QED) is 0.500. The van der Waals surface area contributed by atoms with Gasteiger partial charge in [0.2, 0.25) is 11.9 Å². The van der Waals surface area contributed by atoms with Crippen LogP contribution in [0.1, 0.15) is 20.3 Å². The maximum atomic E-state index is 9.45. The minimum atomic E-state index is -0.514. The summed E-state index contributed by atoms with van der Waals surface area (Å²) < 4.78 is 0. The first-order valence-electron chi connectivity index (χ1n) is 7.24. The largest absolute Gasteiger partial charge is 0.392 e. The zero-order valence-corrected chi connectivity index (χ0v) is 13.0. The fourth-order valence-electron chi connectivity index (χ4n) is 1.88. The van der Waals surface area contributed by atoms with Crippen molar-refractivity contribution in [2.75, 3.05) is 41.8 Å². The fourth-order valence-corrected chi connectivity index (χ4v) is 1.88. The van der Waals surface area contributed by atoms with E-state index in [1.807, 2.05) is 0 Å². The van der Waals surface area contributed by atoms with Crippen molar-refractivity contribution in [1.29, 1.82) is 0 Å². The number of aliphatic hydroxyl groups is 1. The summed E-state index contributed by atoms with van der Waals surface area (Å²) in [7, 11) is 1.73. The summed E-state index contributed by atoms with van der Waals surface area (Å²) in [5.41, 5.74) is 6.88. The molecule has 0 saturated carbocycles. The SMILES string of the molecule is CCCNc1nc(N)nc2c(NCC(C)O)nc(NC)nc12. The molecule has 0 aliphatic carbocycles. The van der Waals surface area contributed by atoms with Crippen molar-refractivity contribution >= 4 is 34.6 Å². The van der Waals surface area contributed by atoms with Gasteiger partial charge in [-0.1, -0.05) is 6.92 Å². The van der Waals surface area contributed by atoms with Crippen LogP contribution >= 0.6 is 0 Å².